The van der Waals surface area contributed by atoms with Crippen molar-refractivity contribution in [1.29, 1.82) is 0 Å². The van der Waals surface area contributed by atoms with E-state index in [1.165, 1.54) is 19.3 Å². The molecule has 0 spiro atoms. The molecule has 1 N–H and O–H groups in total. The lowest BCUT2D eigenvalue weighted by atomic mass is 9.79. The van der Waals surface area contributed by atoms with Crippen LogP contribution in [0.3, 0.4) is 0 Å². The van der Waals surface area contributed by atoms with Gasteiger partial charge in [-0.3, -0.25) is 14.2 Å². The molecular weight excluding hydrogens is 398 g/mol. The summed E-state index contributed by atoms with van der Waals surface area (Å²) < 4.78 is 1.64. The van der Waals surface area contributed by atoms with E-state index in [2.05, 4.69) is 17.2 Å². The van der Waals surface area contributed by atoms with Crippen LogP contribution in [0.25, 0.3) is 16.6 Å². The fourth-order valence-corrected chi connectivity index (χ4v) is 4.92. The summed E-state index contributed by atoms with van der Waals surface area (Å²) in [5, 5.41) is 3.73. The summed E-state index contributed by atoms with van der Waals surface area (Å²) >= 11 is 0. The van der Waals surface area contributed by atoms with Crippen molar-refractivity contribution in [3.63, 3.8) is 0 Å². The number of anilines is 1. The van der Waals surface area contributed by atoms with Gasteiger partial charge in [0.15, 0.2) is 0 Å². The molecule has 4 rings (SSSR count). The molecule has 0 aliphatic heterocycles. The average Bonchev–Trinajstić information content (AvgIpc) is 2.79. The van der Waals surface area contributed by atoms with Crippen molar-refractivity contribution in [1.82, 2.24) is 9.55 Å². The summed E-state index contributed by atoms with van der Waals surface area (Å²) in [5.41, 5.74) is 3.14. The molecule has 0 atom stereocenters. The van der Waals surface area contributed by atoms with E-state index >= 15 is 0 Å². The van der Waals surface area contributed by atoms with Crippen molar-refractivity contribution in [3.8, 4) is 5.69 Å². The van der Waals surface area contributed by atoms with Crippen molar-refractivity contribution in [2.45, 2.75) is 65.7 Å². The Balaban J connectivity index is 1.49. The van der Waals surface area contributed by atoms with Gasteiger partial charge in [0.2, 0.25) is 5.91 Å². The highest BCUT2D eigenvalue weighted by Gasteiger charge is 2.26. The average molecular weight is 432 g/mol. The molecule has 1 aromatic heterocycles. The molecule has 5 nitrogen and oxygen atoms in total. The number of aromatic nitrogens is 2. The Bertz CT molecular complexity index is 1170. The van der Waals surface area contributed by atoms with Gasteiger partial charge < -0.3 is 5.32 Å². The minimum atomic E-state index is -0.0795. The van der Waals surface area contributed by atoms with Gasteiger partial charge in [-0.25, -0.2) is 4.98 Å². The van der Waals surface area contributed by atoms with E-state index in [0.717, 1.165) is 48.5 Å². The minimum absolute atomic E-state index is 0.0795. The predicted molar refractivity (Wildman–Crippen MR) is 130 cm³/mol. The number of nitrogens with zero attached hydrogens (tertiary/aromatic N) is 2. The second-order valence-corrected chi connectivity index (χ2v) is 9.17. The van der Waals surface area contributed by atoms with Gasteiger partial charge in [-0.15, -0.1) is 0 Å². The van der Waals surface area contributed by atoms with E-state index in [1.54, 1.807) is 10.6 Å². The van der Waals surface area contributed by atoms with Crippen molar-refractivity contribution >= 4 is 22.5 Å². The number of hydrogen-bond donors (Lipinski definition) is 1. The maximum atomic E-state index is 13.1. The van der Waals surface area contributed by atoms with Crippen LogP contribution < -0.4 is 10.9 Å². The molecular formula is C27H33N3O2. The van der Waals surface area contributed by atoms with E-state index in [0.29, 0.717) is 16.7 Å². The highest BCUT2D eigenvalue weighted by molar-refractivity contribution is 5.93. The molecule has 0 bridgehead atoms. The number of rotatable bonds is 6. The molecule has 3 aromatic rings. The van der Waals surface area contributed by atoms with Crippen LogP contribution >= 0.6 is 0 Å². The summed E-state index contributed by atoms with van der Waals surface area (Å²) in [6, 6.07) is 13.1. The third-order valence-corrected chi connectivity index (χ3v) is 6.85. The number of carbonyl (C=O) groups is 1. The lowest BCUT2D eigenvalue weighted by Gasteiger charge is -2.28. The Labute approximate surface area is 189 Å². The van der Waals surface area contributed by atoms with Gasteiger partial charge in [-0.2, -0.15) is 0 Å². The largest absolute Gasteiger partial charge is 0.326 e. The van der Waals surface area contributed by atoms with Gasteiger partial charge in [0, 0.05) is 11.6 Å². The highest BCUT2D eigenvalue weighted by atomic mass is 16.2. The van der Waals surface area contributed by atoms with Crippen molar-refractivity contribution in [3.05, 3.63) is 64.2 Å². The molecule has 1 heterocycles. The second kappa shape index (κ2) is 9.68. The van der Waals surface area contributed by atoms with Gasteiger partial charge in [-0.1, -0.05) is 38.3 Å². The smallest absolute Gasteiger partial charge is 0.265 e. The zero-order valence-corrected chi connectivity index (χ0v) is 19.4. The molecule has 1 fully saturated rings. The highest BCUT2D eigenvalue weighted by Crippen LogP contribution is 2.33. The summed E-state index contributed by atoms with van der Waals surface area (Å²) in [6.07, 6.45) is 8.12. The number of fused-ring (bicyclic) bond motifs is 1. The Kier molecular flexibility index (Phi) is 6.73. The summed E-state index contributed by atoms with van der Waals surface area (Å²) in [7, 11) is 0. The topological polar surface area (TPSA) is 64.0 Å². The van der Waals surface area contributed by atoms with Crippen molar-refractivity contribution < 1.29 is 4.79 Å². The fourth-order valence-electron chi connectivity index (χ4n) is 4.92. The van der Waals surface area contributed by atoms with E-state index in [4.69, 9.17) is 0 Å². The van der Waals surface area contributed by atoms with Gasteiger partial charge >= 0.3 is 0 Å². The first kappa shape index (κ1) is 22.3. The molecule has 0 unspecified atom stereocenters. The van der Waals surface area contributed by atoms with Crippen LogP contribution in [0.15, 0.2) is 47.3 Å². The number of unbranched alkanes of at least 4 members (excludes halogenated alkanes) is 1. The Hall–Kier alpha value is -2.95. The molecule has 0 radical (unpaired) electrons. The normalized spacial score (nSPS) is 18.6. The molecule has 168 valence electrons. The maximum absolute atomic E-state index is 13.1. The van der Waals surface area contributed by atoms with Crippen LogP contribution in [0.2, 0.25) is 0 Å². The fraction of sp³-hybridized carbons (Fsp3) is 0.444. The van der Waals surface area contributed by atoms with Gasteiger partial charge in [0.1, 0.15) is 5.82 Å². The maximum Gasteiger partial charge on any atom is 0.265 e. The number of benzene rings is 2. The summed E-state index contributed by atoms with van der Waals surface area (Å²) in [4.78, 5) is 30.5. The second-order valence-electron chi connectivity index (χ2n) is 9.17. The molecule has 0 saturated heterocycles. The number of nitrogens with one attached hydrogen (secondary N) is 1. The van der Waals surface area contributed by atoms with Crippen LogP contribution in [0.5, 0.6) is 0 Å². The van der Waals surface area contributed by atoms with Gasteiger partial charge in [0.05, 0.1) is 16.6 Å². The van der Waals surface area contributed by atoms with E-state index < -0.39 is 0 Å². The molecule has 1 aliphatic carbocycles. The van der Waals surface area contributed by atoms with Crippen LogP contribution in [0, 0.1) is 25.7 Å². The summed E-state index contributed by atoms with van der Waals surface area (Å²) in [5.74, 6) is 1.65. The van der Waals surface area contributed by atoms with E-state index in [-0.39, 0.29) is 17.4 Å². The van der Waals surface area contributed by atoms with Crippen LogP contribution in [-0.4, -0.2) is 15.5 Å². The van der Waals surface area contributed by atoms with Crippen LogP contribution in [-0.2, 0) is 4.79 Å². The number of aryl methyl sites for hydroxylation is 2. The van der Waals surface area contributed by atoms with E-state index in [1.807, 2.05) is 50.2 Å². The van der Waals surface area contributed by atoms with Crippen LogP contribution in [0.1, 0.15) is 63.3 Å². The number of hydrogen-bond acceptors (Lipinski definition) is 3. The lowest BCUT2D eigenvalue weighted by molar-refractivity contribution is -0.121. The number of amides is 1. The first-order chi connectivity index (χ1) is 15.5. The lowest BCUT2D eigenvalue weighted by Crippen LogP contribution is -2.27. The zero-order valence-electron chi connectivity index (χ0n) is 19.4. The Morgan fingerprint density at radius 2 is 1.84 bits per heavy atom. The van der Waals surface area contributed by atoms with E-state index in [9.17, 15) is 9.59 Å². The molecule has 1 saturated carbocycles. The molecule has 2 aromatic carbocycles. The number of para-hydroxylation sites is 1. The molecule has 5 heteroatoms. The Morgan fingerprint density at radius 3 is 2.56 bits per heavy atom. The van der Waals surface area contributed by atoms with Crippen molar-refractivity contribution in [2.75, 3.05) is 5.32 Å². The van der Waals surface area contributed by atoms with Gasteiger partial charge in [0.25, 0.3) is 5.56 Å². The third-order valence-electron chi connectivity index (χ3n) is 6.85. The molecule has 1 aliphatic rings. The first-order valence-corrected chi connectivity index (χ1v) is 11.9. The van der Waals surface area contributed by atoms with Gasteiger partial charge in [-0.05, 0) is 81.3 Å². The first-order valence-electron chi connectivity index (χ1n) is 11.9. The van der Waals surface area contributed by atoms with Crippen LogP contribution in [0.4, 0.5) is 5.69 Å². The standard InChI is InChI=1S/C27H33N3O2/c1-4-5-8-20-11-13-21(14-12-20)26(31)29-24-16-15-22(17-18(24)2)30-19(3)28-25-10-7-6-9-23(25)27(30)32/h6-7,9-10,15-17,20-21H,4-5,8,11-14H2,1-3H3,(H,29,31). The monoisotopic (exact) mass is 431 g/mol. The van der Waals surface area contributed by atoms with Crippen molar-refractivity contribution in [2.24, 2.45) is 11.8 Å². The zero-order chi connectivity index (χ0) is 22.7. The Morgan fingerprint density at radius 1 is 1.09 bits per heavy atom. The molecule has 32 heavy (non-hydrogen) atoms. The third kappa shape index (κ3) is 4.62. The molecule has 1 amide bonds. The SMILES string of the molecule is CCCCC1CCC(C(=O)Nc2ccc(-n3c(C)nc4ccccc4c3=O)cc2C)CC1. The number of carbonyl (C=O) groups excluding carboxylic acids is 1. The quantitative estimate of drug-likeness (QED) is 0.525. The summed E-state index contributed by atoms with van der Waals surface area (Å²) in [6.45, 7) is 6.05. The predicted octanol–water partition coefficient (Wildman–Crippen LogP) is 5.94. The minimum Gasteiger partial charge on any atom is -0.326 e.